The second-order valence-corrected chi connectivity index (χ2v) is 7.93. The first-order chi connectivity index (χ1) is 15.0. The smallest absolute Gasteiger partial charge is 0.331 e. The van der Waals surface area contributed by atoms with Crippen molar-refractivity contribution in [3.8, 4) is 5.75 Å². The van der Waals surface area contributed by atoms with E-state index in [9.17, 15) is 19.2 Å². The summed E-state index contributed by atoms with van der Waals surface area (Å²) in [5.74, 6) is -1.97. The predicted octanol–water partition coefficient (Wildman–Crippen LogP) is 2.70. The summed E-state index contributed by atoms with van der Waals surface area (Å²) in [4.78, 5) is 50.9. The Morgan fingerprint density at radius 2 is 1.61 bits per heavy atom. The third kappa shape index (κ3) is 4.66. The normalized spacial score (nSPS) is 20.3. The second-order valence-electron chi connectivity index (χ2n) is 7.93. The number of hydrogen-bond acceptors (Lipinski definition) is 5. The van der Waals surface area contributed by atoms with E-state index in [4.69, 9.17) is 4.74 Å². The van der Waals surface area contributed by atoms with Crippen LogP contribution >= 0.6 is 0 Å². The minimum absolute atomic E-state index is 0.189. The highest BCUT2D eigenvalue weighted by atomic mass is 16.5. The third-order valence-corrected chi connectivity index (χ3v) is 5.84. The van der Waals surface area contributed by atoms with Gasteiger partial charge >= 0.3 is 5.97 Å². The van der Waals surface area contributed by atoms with Crippen molar-refractivity contribution in [2.75, 3.05) is 6.54 Å². The average Bonchev–Trinajstić information content (AvgIpc) is 3.03. The first-order valence-electron chi connectivity index (χ1n) is 10.5. The molecule has 1 aliphatic heterocycles. The number of nitrogens with zero attached hydrogens (tertiary/aromatic N) is 1. The van der Waals surface area contributed by atoms with Crippen molar-refractivity contribution in [2.24, 2.45) is 11.8 Å². The van der Waals surface area contributed by atoms with Gasteiger partial charge in [-0.15, -0.1) is 0 Å². The molecule has 1 saturated carbocycles. The highest BCUT2D eigenvalue weighted by molar-refractivity contribution is 6.07. The van der Waals surface area contributed by atoms with Gasteiger partial charge in [-0.1, -0.05) is 49.2 Å². The molecule has 31 heavy (non-hydrogen) atoms. The van der Waals surface area contributed by atoms with Gasteiger partial charge in [-0.3, -0.25) is 19.3 Å². The lowest BCUT2D eigenvalue weighted by atomic mass is 9.81. The molecule has 2 atom stereocenters. The van der Waals surface area contributed by atoms with Crippen LogP contribution in [0.25, 0.3) is 0 Å². The fourth-order valence-electron chi connectivity index (χ4n) is 4.26. The van der Waals surface area contributed by atoms with Crippen LogP contribution < -0.4 is 10.1 Å². The summed E-state index contributed by atoms with van der Waals surface area (Å²) in [7, 11) is 0. The van der Waals surface area contributed by atoms with E-state index in [1.54, 1.807) is 18.2 Å². The number of fused-ring (bicyclic) bond motifs is 1. The molecule has 2 aromatic carbocycles. The second kappa shape index (κ2) is 9.12. The average molecular weight is 420 g/mol. The van der Waals surface area contributed by atoms with E-state index in [1.165, 1.54) is 6.07 Å². The topological polar surface area (TPSA) is 92.8 Å². The Morgan fingerprint density at radius 3 is 2.29 bits per heavy atom. The molecule has 4 rings (SSSR count). The summed E-state index contributed by atoms with van der Waals surface area (Å²) in [6, 6.07) is 15.8. The number of carbonyl (C=O) groups excluding carboxylic acids is 4. The molecule has 1 heterocycles. The number of rotatable bonds is 6. The first kappa shape index (κ1) is 20.8. The highest BCUT2D eigenvalue weighted by Crippen LogP contribution is 2.37. The van der Waals surface area contributed by atoms with Crippen LogP contribution in [-0.2, 0) is 20.9 Å². The van der Waals surface area contributed by atoms with Crippen molar-refractivity contribution in [1.82, 2.24) is 10.2 Å². The maximum absolute atomic E-state index is 12.5. The lowest BCUT2D eigenvalue weighted by Gasteiger charge is -2.19. The van der Waals surface area contributed by atoms with Gasteiger partial charge in [-0.25, -0.2) is 4.79 Å². The minimum atomic E-state index is -0.706. The zero-order chi connectivity index (χ0) is 21.8. The van der Waals surface area contributed by atoms with Gasteiger partial charge in [0.05, 0.1) is 11.8 Å². The van der Waals surface area contributed by atoms with Crippen molar-refractivity contribution in [3.63, 3.8) is 0 Å². The van der Waals surface area contributed by atoms with Crippen LogP contribution in [0.4, 0.5) is 0 Å². The maximum atomic E-state index is 12.5. The van der Waals surface area contributed by atoms with Gasteiger partial charge in [0.1, 0.15) is 12.3 Å². The minimum Gasteiger partial charge on any atom is -0.425 e. The fraction of sp³-hybridized carbons (Fsp3) is 0.333. The van der Waals surface area contributed by atoms with Crippen molar-refractivity contribution >= 4 is 23.7 Å². The standard InChI is InChI=1S/C24H24N2O5/c27-21(15-26-23(29)19-11-4-5-12-20(19)24(26)30)31-18-10-6-9-17(13-18)22(28)25-14-16-7-2-1-3-8-16/h1-3,6-10,13,19-20H,4-5,11-12,14-15H2,(H,25,28). The Morgan fingerprint density at radius 1 is 0.935 bits per heavy atom. The third-order valence-electron chi connectivity index (χ3n) is 5.84. The summed E-state index contributed by atoms with van der Waals surface area (Å²) < 4.78 is 5.31. The van der Waals surface area contributed by atoms with Crippen molar-refractivity contribution in [3.05, 3.63) is 65.7 Å². The van der Waals surface area contributed by atoms with Crippen LogP contribution in [0.15, 0.2) is 54.6 Å². The molecular formula is C24H24N2O5. The molecule has 2 unspecified atom stereocenters. The Bertz CT molecular complexity index is 980. The van der Waals surface area contributed by atoms with Crippen molar-refractivity contribution < 1.29 is 23.9 Å². The summed E-state index contributed by atoms with van der Waals surface area (Å²) in [6.07, 6.45) is 3.25. The monoisotopic (exact) mass is 420 g/mol. The summed E-state index contributed by atoms with van der Waals surface area (Å²) >= 11 is 0. The summed E-state index contributed by atoms with van der Waals surface area (Å²) in [6.45, 7) is -0.0275. The Balaban J connectivity index is 1.35. The highest BCUT2D eigenvalue weighted by Gasteiger charge is 2.48. The van der Waals surface area contributed by atoms with E-state index in [-0.39, 0.29) is 35.3 Å². The lowest BCUT2D eigenvalue weighted by Crippen LogP contribution is -2.37. The lowest BCUT2D eigenvalue weighted by molar-refractivity contribution is -0.148. The molecule has 160 valence electrons. The fourth-order valence-corrected chi connectivity index (χ4v) is 4.26. The number of hydrogen-bond donors (Lipinski definition) is 1. The Kier molecular flexibility index (Phi) is 6.11. The molecule has 2 fully saturated rings. The number of benzene rings is 2. The molecule has 2 aliphatic rings. The number of nitrogens with one attached hydrogen (secondary N) is 1. The molecule has 2 aromatic rings. The number of amides is 3. The van der Waals surface area contributed by atoms with Crippen LogP contribution in [0.5, 0.6) is 5.75 Å². The first-order valence-corrected chi connectivity index (χ1v) is 10.5. The van der Waals surface area contributed by atoms with Crippen LogP contribution in [0.1, 0.15) is 41.6 Å². The zero-order valence-electron chi connectivity index (χ0n) is 17.1. The van der Waals surface area contributed by atoms with Crippen LogP contribution in [0, 0.1) is 11.8 Å². The van der Waals surface area contributed by atoms with Gasteiger partial charge in [0, 0.05) is 12.1 Å². The van der Waals surface area contributed by atoms with E-state index >= 15 is 0 Å². The molecule has 0 radical (unpaired) electrons. The van der Waals surface area contributed by atoms with Gasteiger partial charge in [-0.2, -0.15) is 0 Å². The van der Waals surface area contributed by atoms with E-state index in [0.717, 1.165) is 23.3 Å². The number of likely N-dealkylation sites (tertiary alicyclic amines) is 1. The van der Waals surface area contributed by atoms with Crippen LogP contribution in [-0.4, -0.2) is 35.1 Å². The van der Waals surface area contributed by atoms with E-state index in [0.29, 0.717) is 24.9 Å². The number of imide groups is 1. The summed E-state index contributed by atoms with van der Waals surface area (Å²) in [5, 5.41) is 2.82. The predicted molar refractivity (Wildman–Crippen MR) is 112 cm³/mol. The number of ether oxygens (including phenoxy) is 1. The SMILES string of the molecule is O=C(CN1C(=O)C2CCCCC2C1=O)Oc1cccc(C(=O)NCc2ccccc2)c1. The van der Waals surface area contributed by atoms with Crippen LogP contribution in [0.3, 0.4) is 0 Å². The van der Waals surface area contributed by atoms with Gasteiger partial charge in [-0.05, 0) is 36.6 Å². The van der Waals surface area contributed by atoms with Crippen molar-refractivity contribution in [2.45, 2.75) is 32.2 Å². The van der Waals surface area contributed by atoms with Gasteiger partial charge < -0.3 is 10.1 Å². The number of carbonyl (C=O) groups is 4. The van der Waals surface area contributed by atoms with Gasteiger partial charge in [0.15, 0.2) is 0 Å². The molecule has 3 amide bonds. The Hall–Kier alpha value is -3.48. The van der Waals surface area contributed by atoms with Crippen molar-refractivity contribution in [1.29, 1.82) is 0 Å². The molecular weight excluding hydrogens is 396 g/mol. The van der Waals surface area contributed by atoms with Crippen LogP contribution in [0.2, 0.25) is 0 Å². The molecule has 1 saturated heterocycles. The van der Waals surface area contributed by atoms with Gasteiger partial charge in [0.25, 0.3) is 5.91 Å². The molecule has 1 N–H and O–H groups in total. The van der Waals surface area contributed by atoms with Gasteiger partial charge in [0.2, 0.25) is 11.8 Å². The zero-order valence-corrected chi connectivity index (χ0v) is 17.1. The molecule has 0 spiro atoms. The molecule has 7 heteroatoms. The van der Waals surface area contributed by atoms with E-state index in [2.05, 4.69) is 5.32 Å². The maximum Gasteiger partial charge on any atom is 0.331 e. The summed E-state index contributed by atoms with van der Waals surface area (Å²) in [5.41, 5.74) is 1.32. The molecule has 0 aromatic heterocycles. The number of esters is 1. The Labute approximate surface area is 180 Å². The largest absolute Gasteiger partial charge is 0.425 e. The molecule has 7 nitrogen and oxygen atoms in total. The quantitative estimate of drug-likeness (QED) is 0.441. The van der Waals surface area contributed by atoms with E-state index < -0.39 is 12.5 Å². The van der Waals surface area contributed by atoms with E-state index in [1.807, 2.05) is 30.3 Å². The molecule has 0 bridgehead atoms. The molecule has 1 aliphatic carbocycles.